The Morgan fingerprint density at radius 1 is 1.56 bits per heavy atom. The highest BCUT2D eigenvalue weighted by Crippen LogP contribution is 1.91. The molecule has 0 aliphatic rings. The molecule has 0 amide bonds. The number of hydrogen-bond donors (Lipinski definition) is 0. The Morgan fingerprint density at radius 2 is 1.89 bits per heavy atom. The molecule has 0 aromatic rings. The molecule has 0 spiro atoms. The smallest absolute Gasteiger partial charge is 0.322 e. The van der Waals surface area contributed by atoms with E-state index >= 15 is 0 Å². The molecule has 0 saturated carbocycles. The highest BCUT2D eigenvalue weighted by molar-refractivity contribution is 7.81. The third-order valence-electron chi connectivity index (χ3n) is 0.217. The van der Waals surface area contributed by atoms with Gasteiger partial charge in [-0.25, -0.2) is 0 Å². The molecule has 0 heterocycles. The monoisotopic (exact) mass is 174 g/mol. The minimum absolute atomic E-state index is 0. The Balaban J connectivity index is 0. The predicted octanol–water partition coefficient (Wildman–Crippen LogP) is -1.69. The number of carbonyl (C=O) groups is 1. The standard InChI is InChI=1S/C2H3FO4S.H4Si/c1-2(4)7-8(3,5)6;/h1H3;1H4. The number of carbonyl (C=O) groups excluding carboxylic acids is 1. The molecule has 0 N–H and O–H groups in total. The fourth-order valence-corrected chi connectivity index (χ4v) is 0.421. The summed E-state index contributed by atoms with van der Waals surface area (Å²) in [6.45, 7) is 0.789. The van der Waals surface area contributed by atoms with Gasteiger partial charge in [0.1, 0.15) is 0 Å². The average molecular weight is 174 g/mol. The van der Waals surface area contributed by atoms with E-state index < -0.39 is 16.5 Å². The molecule has 9 heavy (non-hydrogen) atoms. The topological polar surface area (TPSA) is 60.4 Å². The van der Waals surface area contributed by atoms with Gasteiger partial charge in [0.2, 0.25) is 0 Å². The Morgan fingerprint density at radius 3 is 1.89 bits per heavy atom. The van der Waals surface area contributed by atoms with Crippen molar-refractivity contribution >= 4 is 27.4 Å². The molecule has 0 rings (SSSR count). The van der Waals surface area contributed by atoms with Crippen molar-refractivity contribution in [2.45, 2.75) is 6.92 Å². The van der Waals surface area contributed by atoms with Gasteiger partial charge in [-0.2, -0.15) is 8.42 Å². The maximum absolute atomic E-state index is 11.2. The summed E-state index contributed by atoms with van der Waals surface area (Å²) in [6, 6.07) is 0. The molecular weight excluding hydrogens is 167 g/mol. The van der Waals surface area contributed by atoms with Crippen LogP contribution in [0.15, 0.2) is 0 Å². The van der Waals surface area contributed by atoms with Crippen LogP contribution < -0.4 is 0 Å². The summed E-state index contributed by atoms with van der Waals surface area (Å²) >= 11 is 0. The molecule has 0 aliphatic carbocycles. The van der Waals surface area contributed by atoms with Gasteiger partial charge in [-0.15, -0.1) is 0 Å². The Hall–Kier alpha value is -0.433. The lowest BCUT2D eigenvalue weighted by molar-refractivity contribution is -0.131. The first kappa shape index (κ1) is 11.4. The van der Waals surface area contributed by atoms with E-state index in [0.717, 1.165) is 6.92 Å². The Labute approximate surface area is 56.4 Å². The summed E-state index contributed by atoms with van der Waals surface area (Å²) in [4.78, 5) is 9.62. The van der Waals surface area contributed by atoms with E-state index in [1.807, 2.05) is 0 Å². The van der Waals surface area contributed by atoms with Crippen LogP contribution in [-0.2, 0) is 19.5 Å². The second-order valence-electron chi connectivity index (χ2n) is 0.968. The first-order valence-electron chi connectivity index (χ1n) is 1.56. The maximum Gasteiger partial charge on any atom is 0.491 e. The van der Waals surface area contributed by atoms with Crippen LogP contribution in [0.5, 0.6) is 0 Å². The molecule has 0 aromatic heterocycles. The van der Waals surface area contributed by atoms with Crippen molar-refractivity contribution in [1.29, 1.82) is 0 Å². The van der Waals surface area contributed by atoms with Gasteiger partial charge in [0, 0.05) is 6.92 Å². The molecule has 0 atom stereocenters. The largest absolute Gasteiger partial charge is 0.491 e. The van der Waals surface area contributed by atoms with Gasteiger partial charge in [0.05, 0.1) is 0 Å². The Bertz CT molecular complexity index is 185. The molecule has 4 nitrogen and oxygen atoms in total. The van der Waals surface area contributed by atoms with Crippen LogP contribution in [0.2, 0.25) is 0 Å². The summed E-state index contributed by atoms with van der Waals surface area (Å²) in [5, 5.41) is 0. The second kappa shape index (κ2) is 3.57. The highest BCUT2D eigenvalue weighted by atomic mass is 32.3. The molecular formula is C2H7FO4SSi. The van der Waals surface area contributed by atoms with Gasteiger partial charge in [-0.1, -0.05) is 3.89 Å². The molecule has 0 aromatic carbocycles. The third-order valence-corrected chi connectivity index (χ3v) is 0.651. The van der Waals surface area contributed by atoms with Crippen molar-refractivity contribution < 1.29 is 21.3 Å². The van der Waals surface area contributed by atoms with Crippen LogP contribution in [0.25, 0.3) is 0 Å². The fourth-order valence-electron chi connectivity index (χ4n) is 0.140. The summed E-state index contributed by atoms with van der Waals surface area (Å²) in [7, 11) is -5.07. The van der Waals surface area contributed by atoms with Crippen LogP contribution >= 0.6 is 0 Å². The molecule has 0 fully saturated rings. The number of halogens is 1. The molecule has 0 saturated heterocycles. The molecule has 0 radical (unpaired) electrons. The predicted molar refractivity (Wildman–Crippen MR) is 33.1 cm³/mol. The van der Waals surface area contributed by atoms with Gasteiger partial charge in [0.15, 0.2) is 0 Å². The summed E-state index contributed by atoms with van der Waals surface area (Å²) < 4.78 is 32.9. The van der Waals surface area contributed by atoms with E-state index in [9.17, 15) is 17.1 Å². The lowest BCUT2D eigenvalue weighted by Gasteiger charge is -1.87. The van der Waals surface area contributed by atoms with Crippen molar-refractivity contribution in [2.75, 3.05) is 0 Å². The minimum Gasteiger partial charge on any atom is -0.322 e. The normalized spacial score (nSPS) is 9.56. The highest BCUT2D eigenvalue weighted by Gasteiger charge is 2.09. The fraction of sp³-hybridized carbons (Fsp3) is 0.500. The quantitative estimate of drug-likeness (QED) is 0.351. The van der Waals surface area contributed by atoms with Gasteiger partial charge in [-0.3, -0.25) is 4.79 Å². The summed E-state index contributed by atoms with van der Waals surface area (Å²) in [5.74, 6) is -1.19. The van der Waals surface area contributed by atoms with Crippen LogP contribution in [0.3, 0.4) is 0 Å². The zero-order valence-corrected chi connectivity index (χ0v) is 4.74. The van der Waals surface area contributed by atoms with Crippen LogP contribution in [-0.4, -0.2) is 25.4 Å². The lowest BCUT2D eigenvalue weighted by Crippen LogP contribution is -2.02. The van der Waals surface area contributed by atoms with Crippen molar-refractivity contribution in [2.24, 2.45) is 0 Å². The first-order valence-corrected chi connectivity index (χ1v) is 2.87. The number of rotatable bonds is 1. The Kier molecular flexibility index (Phi) is 4.51. The minimum atomic E-state index is -5.07. The molecule has 0 bridgehead atoms. The van der Waals surface area contributed by atoms with Gasteiger partial charge < -0.3 is 4.18 Å². The van der Waals surface area contributed by atoms with Crippen LogP contribution in [0.4, 0.5) is 3.89 Å². The van der Waals surface area contributed by atoms with E-state index in [0.29, 0.717) is 0 Å². The zero-order chi connectivity index (χ0) is 6.78. The van der Waals surface area contributed by atoms with E-state index in [4.69, 9.17) is 0 Å². The van der Waals surface area contributed by atoms with Gasteiger partial charge >= 0.3 is 16.5 Å². The number of hydrogen-bond acceptors (Lipinski definition) is 4. The van der Waals surface area contributed by atoms with Crippen molar-refractivity contribution in [3.8, 4) is 0 Å². The summed E-state index contributed by atoms with van der Waals surface area (Å²) in [6.07, 6.45) is 0. The lowest BCUT2D eigenvalue weighted by atomic mass is 10.9. The third kappa shape index (κ3) is 11.2. The van der Waals surface area contributed by atoms with E-state index in [-0.39, 0.29) is 11.0 Å². The van der Waals surface area contributed by atoms with Crippen molar-refractivity contribution in [3.05, 3.63) is 0 Å². The second-order valence-corrected chi connectivity index (χ2v) is 1.92. The molecule has 56 valence electrons. The SMILES string of the molecule is CC(=O)OS(=O)(=O)F.[SiH4]. The maximum atomic E-state index is 11.2. The molecule has 0 aliphatic heterocycles. The van der Waals surface area contributed by atoms with Crippen molar-refractivity contribution in [3.63, 3.8) is 0 Å². The van der Waals surface area contributed by atoms with Gasteiger partial charge in [0.25, 0.3) is 0 Å². The van der Waals surface area contributed by atoms with Crippen LogP contribution in [0.1, 0.15) is 6.92 Å². The van der Waals surface area contributed by atoms with E-state index in [2.05, 4.69) is 4.18 Å². The van der Waals surface area contributed by atoms with Gasteiger partial charge in [-0.05, 0) is 11.0 Å². The zero-order valence-electron chi connectivity index (χ0n) is 3.92. The average Bonchev–Trinajstić information content (AvgIpc) is 1.21. The molecule has 0 unspecified atom stereocenters. The van der Waals surface area contributed by atoms with E-state index in [1.54, 1.807) is 0 Å². The first-order chi connectivity index (χ1) is 3.42. The van der Waals surface area contributed by atoms with Crippen LogP contribution in [0, 0.1) is 0 Å². The van der Waals surface area contributed by atoms with E-state index in [1.165, 1.54) is 0 Å². The van der Waals surface area contributed by atoms with Crippen molar-refractivity contribution in [1.82, 2.24) is 0 Å². The molecule has 7 heteroatoms. The summed E-state index contributed by atoms with van der Waals surface area (Å²) in [5.41, 5.74) is 0.